The summed E-state index contributed by atoms with van der Waals surface area (Å²) in [4.78, 5) is 0. The zero-order chi connectivity index (χ0) is 10.6. The maximum atomic E-state index is 11.8. The quantitative estimate of drug-likeness (QED) is 0.749. The molecule has 0 aliphatic carbocycles. The van der Waals surface area contributed by atoms with E-state index in [1.165, 1.54) is 25.3 Å². The summed E-state index contributed by atoms with van der Waals surface area (Å²) in [5.41, 5.74) is 0.272. The lowest BCUT2D eigenvalue weighted by Gasteiger charge is -2.07. The summed E-state index contributed by atoms with van der Waals surface area (Å²) in [5, 5.41) is 8.60. The number of hydrogen-bond donors (Lipinski definition) is 0. The smallest absolute Gasteiger partial charge is 0.387 e. The van der Waals surface area contributed by atoms with Crippen molar-refractivity contribution in [2.45, 2.75) is 6.61 Å². The molecule has 0 saturated heterocycles. The van der Waals surface area contributed by atoms with Crippen molar-refractivity contribution >= 4 is 0 Å². The first kappa shape index (κ1) is 10.3. The Hall–Kier alpha value is -1.83. The molecule has 0 aromatic heterocycles. The average molecular weight is 199 g/mol. The van der Waals surface area contributed by atoms with Crippen LogP contribution in [0.2, 0.25) is 0 Å². The monoisotopic (exact) mass is 199 g/mol. The lowest BCUT2D eigenvalue weighted by molar-refractivity contribution is -0.0499. The van der Waals surface area contributed by atoms with Gasteiger partial charge in [-0.25, -0.2) is 0 Å². The van der Waals surface area contributed by atoms with Gasteiger partial charge in [0.2, 0.25) is 0 Å². The number of halogens is 2. The first-order chi connectivity index (χ1) is 6.67. The lowest BCUT2D eigenvalue weighted by atomic mass is 10.2. The lowest BCUT2D eigenvalue weighted by Crippen LogP contribution is -2.02. The fourth-order valence-electron chi connectivity index (χ4n) is 0.940. The fraction of sp³-hybridized carbons (Fsp3) is 0.222. The van der Waals surface area contributed by atoms with Crippen molar-refractivity contribution in [3.8, 4) is 17.6 Å². The predicted octanol–water partition coefficient (Wildman–Crippen LogP) is 2.17. The second kappa shape index (κ2) is 4.42. The molecule has 5 heteroatoms. The molecule has 3 nitrogen and oxygen atoms in total. The van der Waals surface area contributed by atoms with Crippen LogP contribution in [-0.4, -0.2) is 13.7 Å². The number of alkyl halides is 2. The number of rotatable bonds is 3. The fourth-order valence-corrected chi connectivity index (χ4v) is 0.940. The van der Waals surface area contributed by atoms with E-state index in [2.05, 4.69) is 4.74 Å². The van der Waals surface area contributed by atoms with E-state index in [9.17, 15) is 8.78 Å². The Morgan fingerprint density at radius 3 is 2.64 bits per heavy atom. The highest BCUT2D eigenvalue weighted by Crippen LogP contribution is 2.24. The van der Waals surface area contributed by atoms with Crippen LogP contribution in [0.3, 0.4) is 0 Å². The summed E-state index contributed by atoms with van der Waals surface area (Å²) < 4.78 is 32.6. The molecule has 0 bridgehead atoms. The van der Waals surface area contributed by atoms with E-state index in [-0.39, 0.29) is 17.1 Å². The third-order valence-electron chi connectivity index (χ3n) is 1.52. The Balaban J connectivity index is 2.97. The van der Waals surface area contributed by atoms with Crippen molar-refractivity contribution in [2.75, 3.05) is 7.11 Å². The second-order valence-electron chi connectivity index (χ2n) is 2.35. The van der Waals surface area contributed by atoms with Crippen LogP contribution in [0.1, 0.15) is 5.56 Å². The molecule has 1 aromatic carbocycles. The molecule has 0 amide bonds. The zero-order valence-electron chi connectivity index (χ0n) is 7.33. The summed E-state index contributed by atoms with van der Waals surface area (Å²) in [6.07, 6.45) is 0. The summed E-state index contributed by atoms with van der Waals surface area (Å²) in [5.74, 6) is 0.182. The molecule has 74 valence electrons. The van der Waals surface area contributed by atoms with Gasteiger partial charge >= 0.3 is 6.61 Å². The van der Waals surface area contributed by atoms with Crippen molar-refractivity contribution in [3.63, 3.8) is 0 Å². The normalized spacial score (nSPS) is 9.64. The van der Waals surface area contributed by atoms with Gasteiger partial charge in [-0.3, -0.25) is 0 Å². The predicted molar refractivity (Wildman–Crippen MR) is 44.3 cm³/mol. The molecule has 0 unspecified atom stereocenters. The minimum absolute atomic E-state index is 0.0316. The van der Waals surface area contributed by atoms with Gasteiger partial charge in [-0.15, -0.1) is 0 Å². The van der Waals surface area contributed by atoms with E-state index in [1.807, 2.05) is 6.07 Å². The van der Waals surface area contributed by atoms with Crippen molar-refractivity contribution in [1.82, 2.24) is 0 Å². The molecule has 0 radical (unpaired) electrons. The van der Waals surface area contributed by atoms with Crippen LogP contribution in [0.15, 0.2) is 18.2 Å². The molecule has 14 heavy (non-hydrogen) atoms. The number of ether oxygens (including phenoxy) is 2. The Bertz CT molecular complexity index is 360. The van der Waals surface area contributed by atoms with Crippen LogP contribution in [-0.2, 0) is 0 Å². The third-order valence-corrected chi connectivity index (χ3v) is 1.52. The van der Waals surface area contributed by atoms with Gasteiger partial charge in [-0.05, 0) is 12.1 Å². The van der Waals surface area contributed by atoms with E-state index >= 15 is 0 Å². The molecular formula is C9H7F2NO2. The van der Waals surface area contributed by atoms with Gasteiger partial charge in [0.1, 0.15) is 17.6 Å². The molecule has 0 spiro atoms. The van der Waals surface area contributed by atoms with Gasteiger partial charge in [0.25, 0.3) is 0 Å². The maximum absolute atomic E-state index is 11.8. The van der Waals surface area contributed by atoms with Crippen LogP contribution in [0.5, 0.6) is 11.5 Å². The van der Waals surface area contributed by atoms with E-state index < -0.39 is 6.61 Å². The largest absolute Gasteiger partial charge is 0.495 e. The van der Waals surface area contributed by atoms with E-state index in [0.717, 1.165) is 0 Å². The SMILES string of the molecule is COc1cc(OC(F)F)ccc1C#N. The van der Waals surface area contributed by atoms with Gasteiger partial charge in [-0.2, -0.15) is 14.0 Å². The van der Waals surface area contributed by atoms with Gasteiger partial charge in [0.15, 0.2) is 0 Å². The van der Waals surface area contributed by atoms with E-state index in [0.29, 0.717) is 0 Å². The number of hydrogen-bond acceptors (Lipinski definition) is 3. The molecule has 0 aliphatic rings. The van der Waals surface area contributed by atoms with Crippen LogP contribution in [0.4, 0.5) is 8.78 Å². The van der Waals surface area contributed by atoms with E-state index in [4.69, 9.17) is 10.00 Å². The molecule has 0 N–H and O–H groups in total. The maximum Gasteiger partial charge on any atom is 0.387 e. The Labute approximate surface area is 79.5 Å². The molecule has 0 saturated carbocycles. The molecule has 0 atom stereocenters. The minimum atomic E-state index is -2.88. The highest BCUT2D eigenvalue weighted by molar-refractivity contribution is 5.47. The molecular weight excluding hydrogens is 192 g/mol. The third kappa shape index (κ3) is 2.33. The Morgan fingerprint density at radius 2 is 2.14 bits per heavy atom. The van der Waals surface area contributed by atoms with Gasteiger partial charge in [0.05, 0.1) is 12.7 Å². The standard InChI is InChI=1S/C9H7F2NO2/c1-13-8-4-7(14-9(10)11)3-2-6(8)5-12/h2-4,9H,1H3. The zero-order valence-corrected chi connectivity index (χ0v) is 7.33. The van der Waals surface area contributed by atoms with Crippen LogP contribution < -0.4 is 9.47 Å². The molecule has 0 heterocycles. The summed E-state index contributed by atoms with van der Waals surface area (Å²) in [6.45, 7) is -2.88. The molecule has 1 rings (SSSR count). The molecule has 1 aromatic rings. The average Bonchev–Trinajstić information content (AvgIpc) is 2.16. The minimum Gasteiger partial charge on any atom is -0.495 e. The van der Waals surface area contributed by atoms with E-state index in [1.54, 1.807) is 0 Å². The van der Waals surface area contributed by atoms with Crippen LogP contribution in [0, 0.1) is 11.3 Å². The number of methoxy groups -OCH3 is 1. The summed E-state index contributed by atoms with van der Waals surface area (Å²) in [6, 6.07) is 5.74. The van der Waals surface area contributed by atoms with Crippen molar-refractivity contribution in [3.05, 3.63) is 23.8 Å². The number of nitrogens with zero attached hydrogens (tertiary/aromatic N) is 1. The summed E-state index contributed by atoms with van der Waals surface area (Å²) >= 11 is 0. The highest BCUT2D eigenvalue weighted by Gasteiger charge is 2.08. The molecule has 0 aliphatic heterocycles. The van der Waals surface area contributed by atoms with Crippen LogP contribution >= 0.6 is 0 Å². The van der Waals surface area contributed by atoms with Crippen molar-refractivity contribution < 1.29 is 18.3 Å². The number of nitriles is 1. The highest BCUT2D eigenvalue weighted by atomic mass is 19.3. The van der Waals surface area contributed by atoms with Gasteiger partial charge in [0, 0.05) is 6.07 Å². The summed E-state index contributed by atoms with van der Waals surface area (Å²) in [7, 11) is 1.35. The topological polar surface area (TPSA) is 42.2 Å². The Morgan fingerprint density at radius 1 is 1.43 bits per heavy atom. The van der Waals surface area contributed by atoms with Crippen molar-refractivity contribution in [1.29, 1.82) is 5.26 Å². The van der Waals surface area contributed by atoms with Crippen LogP contribution in [0.25, 0.3) is 0 Å². The molecule has 0 fully saturated rings. The van der Waals surface area contributed by atoms with Crippen molar-refractivity contribution in [2.24, 2.45) is 0 Å². The second-order valence-corrected chi connectivity index (χ2v) is 2.35. The Kier molecular flexibility index (Phi) is 3.24. The van der Waals surface area contributed by atoms with Gasteiger partial charge in [-0.1, -0.05) is 0 Å². The van der Waals surface area contributed by atoms with Gasteiger partial charge < -0.3 is 9.47 Å². The first-order valence-corrected chi connectivity index (χ1v) is 3.70. The number of benzene rings is 1. The first-order valence-electron chi connectivity index (χ1n) is 3.70.